The van der Waals surface area contributed by atoms with Gasteiger partial charge in [0.15, 0.2) is 6.61 Å². The first-order valence-corrected chi connectivity index (χ1v) is 10.8. The second-order valence-electron chi connectivity index (χ2n) is 7.92. The number of ether oxygens (including phenoxy) is 1. The molecule has 9 heteroatoms. The number of benzene rings is 1. The van der Waals surface area contributed by atoms with E-state index in [1.54, 1.807) is 22.3 Å². The van der Waals surface area contributed by atoms with E-state index in [2.05, 4.69) is 9.97 Å². The summed E-state index contributed by atoms with van der Waals surface area (Å²) in [6, 6.07) is 13.4. The number of rotatable bonds is 9. The number of aromatic nitrogens is 3. The van der Waals surface area contributed by atoms with Crippen LogP contribution in [0.15, 0.2) is 48.7 Å². The first-order chi connectivity index (χ1) is 15.9. The van der Waals surface area contributed by atoms with Crippen LogP contribution in [0.5, 0.6) is 5.75 Å². The molecular formula is C24H27N5O4. The van der Waals surface area contributed by atoms with Gasteiger partial charge in [-0.1, -0.05) is 0 Å². The first kappa shape index (κ1) is 22.3. The summed E-state index contributed by atoms with van der Waals surface area (Å²) in [6.45, 7) is 2.72. The van der Waals surface area contributed by atoms with Crippen molar-refractivity contribution in [3.05, 3.63) is 48.7 Å². The number of carboxylic acid groups (broad SMARTS) is 1. The molecular weight excluding hydrogens is 422 g/mol. The molecule has 2 N–H and O–H groups in total. The summed E-state index contributed by atoms with van der Waals surface area (Å²) in [4.78, 5) is 31.4. The molecule has 0 unspecified atom stereocenters. The van der Waals surface area contributed by atoms with E-state index in [0.717, 1.165) is 33.3 Å². The van der Waals surface area contributed by atoms with Crippen LogP contribution >= 0.6 is 0 Å². The molecule has 1 aromatic carbocycles. The average Bonchev–Trinajstić information content (AvgIpc) is 3.37. The predicted octanol–water partition coefficient (Wildman–Crippen LogP) is 3.36. The Morgan fingerprint density at radius 1 is 1.15 bits per heavy atom. The summed E-state index contributed by atoms with van der Waals surface area (Å²) in [7, 11) is 3.63. The highest BCUT2D eigenvalue weighted by atomic mass is 16.5. The highest BCUT2D eigenvalue weighted by Gasteiger charge is 2.17. The summed E-state index contributed by atoms with van der Waals surface area (Å²) < 4.78 is 7.75. The number of likely N-dealkylation sites (N-methyl/N-ethyl adjacent to an activating group) is 1. The smallest absolute Gasteiger partial charge is 0.305 e. The lowest BCUT2D eigenvalue weighted by Gasteiger charge is -2.27. The number of amides is 1. The van der Waals surface area contributed by atoms with Crippen molar-refractivity contribution in [2.45, 2.75) is 19.9 Å². The predicted molar refractivity (Wildman–Crippen MR) is 126 cm³/mol. The number of H-pyrrole nitrogens is 1. The zero-order valence-electron chi connectivity index (χ0n) is 18.9. The van der Waals surface area contributed by atoms with Gasteiger partial charge in [-0.15, -0.1) is 0 Å². The lowest BCUT2D eigenvalue weighted by atomic mass is 10.2. The van der Waals surface area contributed by atoms with Crippen molar-refractivity contribution in [2.24, 2.45) is 0 Å². The summed E-state index contributed by atoms with van der Waals surface area (Å²) >= 11 is 0. The molecule has 33 heavy (non-hydrogen) atoms. The summed E-state index contributed by atoms with van der Waals surface area (Å²) in [5.74, 6) is -0.417. The van der Waals surface area contributed by atoms with Crippen molar-refractivity contribution >= 4 is 33.8 Å². The van der Waals surface area contributed by atoms with E-state index in [1.807, 2.05) is 62.0 Å². The van der Waals surface area contributed by atoms with Crippen LogP contribution in [0.1, 0.15) is 13.3 Å². The molecule has 0 saturated carbocycles. The highest BCUT2D eigenvalue weighted by Crippen LogP contribution is 2.32. The maximum Gasteiger partial charge on any atom is 0.305 e. The first-order valence-electron chi connectivity index (χ1n) is 10.8. The fraction of sp³-hybridized carbons (Fsp3) is 0.292. The van der Waals surface area contributed by atoms with Gasteiger partial charge in [0.2, 0.25) is 0 Å². The van der Waals surface area contributed by atoms with Gasteiger partial charge in [-0.2, -0.15) is 0 Å². The van der Waals surface area contributed by atoms with E-state index < -0.39 is 5.97 Å². The lowest BCUT2D eigenvalue weighted by Crippen LogP contribution is -2.44. The maximum absolute atomic E-state index is 12.4. The van der Waals surface area contributed by atoms with E-state index in [-0.39, 0.29) is 18.9 Å². The monoisotopic (exact) mass is 449 g/mol. The zero-order valence-corrected chi connectivity index (χ0v) is 18.9. The van der Waals surface area contributed by atoms with E-state index >= 15 is 0 Å². The van der Waals surface area contributed by atoms with Gasteiger partial charge in [-0.3, -0.25) is 14.6 Å². The van der Waals surface area contributed by atoms with E-state index in [4.69, 9.17) is 4.74 Å². The third kappa shape index (κ3) is 4.68. The Morgan fingerprint density at radius 2 is 1.97 bits per heavy atom. The third-order valence-electron chi connectivity index (χ3n) is 5.52. The molecule has 0 aliphatic heterocycles. The van der Waals surface area contributed by atoms with Gasteiger partial charge >= 0.3 is 5.97 Å². The van der Waals surface area contributed by atoms with E-state index in [9.17, 15) is 14.7 Å². The maximum atomic E-state index is 12.4. The average molecular weight is 450 g/mol. The highest BCUT2D eigenvalue weighted by molar-refractivity contribution is 5.90. The molecule has 0 atom stereocenters. The van der Waals surface area contributed by atoms with Gasteiger partial charge in [-0.05, 0) is 49.4 Å². The number of carbonyl (C=O) groups excluding carboxylic acids is 1. The number of nitrogens with zero attached hydrogens (tertiary/aromatic N) is 4. The van der Waals surface area contributed by atoms with Crippen molar-refractivity contribution in [3.63, 3.8) is 0 Å². The fourth-order valence-corrected chi connectivity index (χ4v) is 4.01. The SMILES string of the molecule is CCN(C(=O)COc1ccc2c(c1)cc(-c1cc3cccnc3[nH]1)n2CCC(=O)O)N(C)C. The molecule has 4 aromatic rings. The molecule has 0 fully saturated rings. The van der Waals surface area contributed by atoms with Gasteiger partial charge < -0.3 is 19.4 Å². The molecule has 3 heterocycles. The minimum absolute atomic E-state index is 0.000596. The van der Waals surface area contributed by atoms with Crippen molar-refractivity contribution in [2.75, 3.05) is 27.2 Å². The van der Waals surface area contributed by atoms with Gasteiger partial charge in [0.25, 0.3) is 5.91 Å². The summed E-state index contributed by atoms with van der Waals surface area (Å²) in [5, 5.41) is 14.4. The van der Waals surface area contributed by atoms with Gasteiger partial charge in [0.05, 0.1) is 17.8 Å². The number of aryl methyl sites for hydroxylation is 1. The molecule has 0 saturated heterocycles. The van der Waals surface area contributed by atoms with Crippen LogP contribution < -0.4 is 4.74 Å². The Labute approximate surface area is 191 Å². The summed E-state index contributed by atoms with van der Waals surface area (Å²) in [5.41, 5.74) is 3.38. The molecule has 1 amide bonds. The largest absolute Gasteiger partial charge is 0.484 e. The van der Waals surface area contributed by atoms with Crippen LogP contribution in [0.25, 0.3) is 33.3 Å². The van der Waals surface area contributed by atoms with Crippen LogP contribution in [0.4, 0.5) is 0 Å². The summed E-state index contributed by atoms with van der Waals surface area (Å²) in [6.07, 6.45) is 1.73. The standard InChI is InChI=1S/C24H27N5O4/c1-4-29(27(2)3)22(30)15-33-18-7-8-20-17(12-18)14-21(28(20)11-9-23(31)32)19-13-16-6-5-10-25-24(16)26-19/h5-8,10,12-14H,4,9,11,15H2,1-3H3,(H,25,26)(H,31,32). The normalized spacial score (nSPS) is 11.4. The number of fused-ring (bicyclic) bond motifs is 2. The number of aromatic amines is 1. The van der Waals surface area contributed by atoms with Crippen molar-refractivity contribution in [1.29, 1.82) is 0 Å². The molecule has 4 rings (SSSR count). The van der Waals surface area contributed by atoms with Gasteiger partial charge in [0.1, 0.15) is 11.4 Å². The Morgan fingerprint density at radius 3 is 2.67 bits per heavy atom. The van der Waals surface area contributed by atoms with Crippen LogP contribution in [0, 0.1) is 0 Å². The van der Waals surface area contributed by atoms with Crippen molar-refractivity contribution in [3.8, 4) is 17.1 Å². The molecule has 0 aliphatic carbocycles. The molecule has 0 radical (unpaired) electrons. The van der Waals surface area contributed by atoms with Crippen LogP contribution in [0.3, 0.4) is 0 Å². The Bertz CT molecular complexity index is 1270. The Hall–Kier alpha value is -3.85. The number of hydrazine groups is 1. The number of carboxylic acids is 1. The van der Waals surface area contributed by atoms with Crippen molar-refractivity contribution in [1.82, 2.24) is 24.6 Å². The van der Waals surface area contributed by atoms with Crippen molar-refractivity contribution < 1.29 is 19.4 Å². The van der Waals surface area contributed by atoms with Gasteiger partial charge in [-0.25, -0.2) is 9.99 Å². The van der Waals surface area contributed by atoms with E-state index in [0.29, 0.717) is 18.8 Å². The molecule has 172 valence electrons. The topological polar surface area (TPSA) is 104 Å². The number of nitrogens with one attached hydrogen (secondary N) is 1. The Kier molecular flexibility index (Phi) is 6.32. The van der Waals surface area contributed by atoms with Crippen LogP contribution in [-0.2, 0) is 16.1 Å². The molecule has 9 nitrogen and oxygen atoms in total. The molecule has 3 aromatic heterocycles. The molecule has 0 aliphatic rings. The van der Waals surface area contributed by atoms with Gasteiger partial charge in [0, 0.05) is 49.7 Å². The second-order valence-corrected chi connectivity index (χ2v) is 7.92. The minimum Gasteiger partial charge on any atom is -0.484 e. The zero-order chi connectivity index (χ0) is 23.5. The number of hydrogen-bond acceptors (Lipinski definition) is 5. The fourth-order valence-electron chi connectivity index (χ4n) is 4.01. The second kappa shape index (κ2) is 9.33. The number of aliphatic carboxylic acids is 1. The number of pyridine rings is 1. The quantitative estimate of drug-likeness (QED) is 0.380. The Balaban J connectivity index is 1.67. The number of carbonyl (C=O) groups is 2. The number of hydrogen-bond donors (Lipinski definition) is 2. The molecule has 0 bridgehead atoms. The lowest BCUT2D eigenvalue weighted by molar-refractivity contribution is -0.146. The van der Waals surface area contributed by atoms with Crippen LogP contribution in [-0.4, -0.2) is 68.8 Å². The minimum atomic E-state index is -0.860. The third-order valence-corrected chi connectivity index (χ3v) is 5.52. The molecule has 0 spiro atoms. The van der Waals surface area contributed by atoms with Crippen LogP contribution in [0.2, 0.25) is 0 Å². The van der Waals surface area contributed by atoms with E-state index in [1.165, 1.54) is 0 Å².